The number of aromatic nitrogens is 2. The van der Waals surface area contributed by atoms with Gasteiger partial charge in [-0.05, 0) is 75.6 Å². The normalized spacial score (nSPS) is 11.7. The number of rotatable bonds is 18. The van der Waals surface area contributed by atoms with E-state index in [0.717, 1.165) is 24.0 Å². The van der Waals surface area contributed by atoms with Gasteiger partial charge in [-0.2, -0.15) is 0 Å². The van der Waals surface area contributed by atoms with Crippen LogP contribution in [0.3, 0.4) is 0 Å². The van der Waals surface area contributed by atoms with Crippen molar-refractivity contribution in [2.45, 2.75) is 111 Å². The van der Waals surface area contributed by atoms with E-state index in [9.17, 15) is 14.4 Å². The van der Waals surface area contributed by atoms with Crippen molar-refractivity contribution < 1.29 is 28.6 Å². The standard InChI is InChI=1S/C36H46N2O6/c1-5-6-7-8-9-10-11-12-13-14-15-28-24-37-33(38-25-28)29-16-18-30(19-17-29)36(41)44-32-22-20-31(21-23-32)35(40)43-27(4)34(39)42-26(2)3/h16-27H,5-15H2,1-4H3. The first kappa shape index (κ1) is 34.4. The van der Waals surface area contributed by atoms with Crippen molar-refractivity contribution in [3.63, 3.8) is 0 Å². The molecule has 0 fully saturated rings. The van der Waals surface area contributed by atoms with Crippen LogP contribution in [0.25, 0.3) is 11.4 Å². The lowest BCUT2D eigenvalue weighted by atomic mass is 10.0. The molecule has 0 radical (unpaired) electrons. The molecule has 3 aromatic rings. The first-order valence-corrected chi connectivity index (χ1v) is 15.9. The summed E-state index contributed by atoms with van der Waals surface area (Å²) in [6.45, 7) is 7.14. The van der Waals surface area contributed by atoms with E-state index in [4.69, 9.17) is 14.2 Å². The SMILES string of the molecule is CCCCCCCCCCCCc1cnc(-c2ccc(C(=O)Oc3ccc(C(=O)OC(C)C(=O)OC(C)C)cc3)cc2)nc1. The molecule has 0 spiro atoms. The van der Waals surface area contributed by atoms with Gasteiger partial charge in [0.1, 0.15) is 5.75 Å². The second-order valence-corrected chi connectivity index (χ2v) is 11.4. The highest BCUT2D eigenvalue weighted by Gasteiger charge is 2.21. The molecule has 2 aromatic carbocycles. The second-order valence-electron chi connectivity index (χ2n) is 11.4. The number of carbonyl (C=O) groups excluding carboxylic acids is 3. The molecule has 8 heteroatoms. The number of unbranched alkanes of at least 4 members (excludes halogenated alkanes) is 9. The first-order valence-electron chi connectivity index (χ1n) is 15.9. The zero-order valence-electron chi connectivity index (χ0n) is 26.6. The zero-order valence-corrected chi connectivity index (χ0v) is 26.6. The van der Waals surface area contributed by atoms with E-state index in [1.54, 1.807) is 38.1 Å². The fraction of sp³-hybridized carbons (Fsp3) is 0.472. The average molecular weight is 603 g/mol. The van der Waals surface area contributed by atoms with Gasteiger partial charge in [0.25, 0.3) is 0 Å². The van der Waals surface area contributed by atoms with Crippen molar-refractivity contribution >= 4 is 17.9 Å². The van der Waals surface area contributed by atoms with Gasteiger partial charge in [0.2, 0.25) is 0 Å². The number of hydrogen-bond acceptors (Lipinski definition) is 8. The third kappa shape index (κ3) is 11.9. The summed E-state index contributed by atoms with van der Waals surface area (Å²) in [5, 5.41) is 0. The quantitative estimate of drug-likeness (QED) is 0.0813. The maximum Gasteiger partial charge on any atom is 0.347 e. The van der Waals surface area contributed by atoms with Crippen LogP contribution in [-0.2, 0) is 20.7 Å². The monoisotopic (exact) mass is 602 g/mol. The molecule has 3 rings (SSSR count). The Hall–Kier alpha value is -4.07. The lowest BCUT2D eigenvalue weighted by Gasteiger charge is -2.14. The van der Waals surface area contributed by atoms with Crippen molar-refractivity contribution in [3.8, 4) is 17.1 Å². The Morgan fingerprint density at radius 3 is 1.75 bits per heavy atom. The van der Waals surface area contributed by atoms with Crippen LogP contribution in [0, 0.1) is 0 Å². The molecule has 236 valence electrons. The van der Waals surface area contributed by atoms with E-state index in [-0.39, 0.29) is 17.4 Å². The van der Waals surface area contributed by atoms with Crippen LogP contribution in [0.1, 0.15) is 118 Å². The minimum absolute atomic E-state index is 0.216. The highest BCUT2D eigenvalue weighted by molar-refractivity contribution is 5.93. The molecule has 0 aliphatic carbocycles. The van der Waals surface area contributed by atoms with E-state index in [1.165, 1.54) is 89.0 Å². The van der Waals surface area contributed by atoms with Crippen molar-refractivity contribution in [2.75, 3.05) is 0 Å². The maximum atomic E-state index is 12.7. The largest absolute Gasteiger partial charge is 0.460 e. The lowest BCUT2D eigenvalue weighted by molar-refractivity contribution is -0.156. The van der Waals surface area contributed by atoms with Crippen molar-refractivity contribution in [3.05, 3.63) is 77.6 Å². The van der Waals surface area contributed by atoms with E-state index in [1.807, 2.05) is 12.4 Å². The second kappa shape index (κ2) is 18.6. The molecule has 0 N–H and O–H groups in total. The summed E-state index contributed by atoms with van der Waals surface area (Å²) in [7, 11) is 0. The number of aryl methyl sites for hydroxylation is 1. The van der Waals surface area contributed by atoms with Crippen LogP contribution in [0.5, 0.6) is 5.75 Å². The Bertz CT molecular complexity index is 1300. The Morgan fingerprint density at radius 2 is 1.18 bits per heavy atom. The van der Waals surface area contributed by atoms with Crippen LogP contribution >= 0.6 is 0 Å². The third-order valence-electron chi connectivity index (χ3n) is 7.17. The van der Waals surface area contributed by atoms with Crippen LogP contribution in [-0.4, -0.2) is 40.1 Å². The number of esters is 3. The van der Waals surface area contributed by atoms with Crippen molar-refractivity contribution in [1.82, 2.24) is 9.97 Å². The molecule has 1 atom stereocenters. The molecule has 1 unspecified atom stereocenters. The molecule has 0 bridgehead atoms. The first-order chi connectivity index (χ1) is 21.3. The number of carbonyl (C=O) groups is 3. The molecule has 0 saturated heterocycles. The Morgan fingerprint density at radius 1 is 0.659 bits per heavy atom. The van der Waals surface area contributed by atoms with Crippen molar-refractivity contribution in [2.24, 2.45) is 0 Å². The summed E-state index contributed by atoms with van der Waals surface area (Å²) in [5.74, 6) is -0.964. The Labute approximate surface area is 261 Å². The zero-order chi connectivity index (χ0) is 31.7. The van der Waals surface area contributed by atoms with Gasteiger partial charge in [-0.25, -0.2) is 24.4 Å². The number of ether oxygens (including phenoxy) is 3. The predicted octanol–water partition coefficient (Wildman–Crippen LogP) is 8.32. The molecule has 1 heterocycles. The Balaban J connectivity index is 1.41. The molecule has 0 aliphatic heterocycles. The van der Waals surface area contributed by atoms with Gasteiger partial charge in [-0.3, -0.25) is 0 Å². The van der Waals surface area contributed by atoms with Crippen LogP contribution in [0.2, 0.25) is 0 Å². The van der Waals surface area contributed by atoms with Gasteiger partial charge in [0.15, 0.2) is 11.9 Å². The van der Waals surface area contributed by atoms with Gasteiger partial charge < -0.3 is 14.2 Å². The van der Waals surface area contributed by atoms with Crippen LogP contribution < -0.4 is 4.74 Å². The van der Waals surface area contributed by atoms with Gasteiger partial charge in [-0.15, -0.1) is 0 Å². The smallest absolute Gasteiger partial charge is 0.347 e. The van der Waals surface area contributed by atoms with E-state index in [0.29, 0.717) is 11.4 Å². The fourth-order valence-electron chi connectivity index (χ4n) is 4.63. The molecule has 44 heavy (non-hydrogen) atoms. The van der Waals surface area contributed by atoms with E-state index in [2.05, 4.69) is 16.9 Å². The minimum Gasteiger partial charge on any atom is -0.460 e. The molecular weight excluding hydrogens is 556 g/mol. The van der Waals surface area contributed by atoms with Crippen LogP contribution in [0.15, 0.2) is 60.9 Å². The molecule has 0 amide bonds. The number of benzene rings is 2. The van der Waals surface area contributed by atoms with Gasteiger partial charge >= 0.3 is 17.9 Å². The lowest BCUT2D eigenvalue weighted by Crippen LogP contribution is -2.28. The van der Waals surface area contributed by atoms with Gasteiger partial charge in [-0.1, -0.05) is 76.8 Å². The summed E-state index contributed by atoms with van der Waals surface area (Å²) in [4.78, 5) is 45.9. The van der Waals surface area contributed by atoms with Crippen LogP contribution in [0.4, 0.5) is 0 Å². The molecule has 0 saturated carbocycles. The highest BCUT2D eigenvalue weighted by Crippen LogP contribution is 2.19. The topological polar surface area (TPSA) is 105 Å². The molecule has 1 aromatic heterocycles. The summed E-state index contributed by atoms with van der Waals surface area (Å²) < 4.78 is 15.7. The van der Waals surface area contributed by atoms with E-state index >= 15 is 0 Å². The fourth-order valence-corrected chi connectivity index (χ4v) is 4.63. The van der Waals surface area contributed by atoms with Crippen molar-refractivity contribution in [1.29, 1.82) is 0 Å². The van der Waals surface area contributed by atoms with E-state index < -0.39 is 24.0 Å². The Kier molecular flexibility index (Phi) is 14.5. The molecular formula is C36H46N2O6. The maximum absolute atomic E-state index is 12.7. The summed E-state index contributed by atoms with van der Waals surface area (Å²) in [6, 6.07) is 12.8. The summed E-state index contributed by atoms with van der Waals surface area (Å²) >= 11 is 0. The number of nitrogens with zero attached hydrogens (tertiary/aromatic N) is 2. The van der Waals surface area contributed by atoms with Gasteiger partial charge in [0.05, 0.1) is 17.2 Å². The predicted molar refractivity (Wildman–Crippen MR) is 171 cm³/mol. The van der Waals surface area contributed by atoms with Gasteiger partial charge in [0, 0.05) is 18.0 Å². The summed E-state index contributed by atoms with van der Waals surface area (Å²) in [5.41, 5.74) is 2.53. The number of hydrogen-bond donors (Lipinski definition) is 0. The molecule has 0 aliphatic rings. The molecule has 8 nitrogen and oxygen atoms in total. The highest BCUT2D eigenvalue weighted by atomic mass is 16.6. The minimum atomic E-state index is -1.04. The average Bonchev–Trinajstić information content (AvgIpc) is 3.02. The summed E-state index contributed by atoms with van der Waals surface area (Å²) in [6.07, 6.45) is 16.5. The third-order valence-corrected chi connectivity index (χ3v) is 7.17.